The lowest BCUT2D eigenvalue weighted by atomic mass is 10.1. The molecular weight excluding hydrogens is 425 g/mol. The average Bonchev–Trinajstić information content (AvgIpc) is 3.27. The van der Waals surface area contributed by atoms with Gasteiger partial charge in [0, 0.05) is 25.0 Å². The maximum absolute atomic E-state index is 4.76. The highest BCUT2D eigenvalue weighted by atomic mass is 127. The van der Waals surface area contributed by atoms with Gasteiger partial charge in [-0.25, -0.2) is 4.99 Å². The monoisotopic (exact) mass is 453 g/mol. The Kier molecular flexibility index (Phi) is 8.24. The van der Waals surface area contributed by atoms with Crippen LogP contribution < -0.4 is 10.6 Å². The average molecular weight is 453 g/mol. The van der Waals surface area contributed by atoms with E-state index in [-0.39, 0.29) is 24.0 Å². The molecule has 0 amide bonds. The van der Waals surface area contributed by atoms with Gasteiger partial charge in [-0.2, -0.15) is 5.10 Å². The van der Waals surface area contributed by atoms with E-state index >= 15 is 0 Å². The van der Waals surface area contributed by atoms with Crippen LogP contribution in [-0.4, -0.2) is 28.3 Å². The molecule has 25 heavy (non-hydrogen) atoms. The van der Waals surface area contributed by atoms with Gasteiger partial charge in [-0.3, -0.25) is 4.68 Å². The molecule has 0 aliphatic heterocycles. The molecule has 3 rings (SSSR count). The summed E-state index contributed by atoms with van der Waals surface area (Å²) >= 11 is 0. The van der Waals surface area contributed by atoms with Gasteiger partial charge in [0.25, 0.3) is 0 Å². The van der Waals surface area contributed by atoms with Gasteiger partial charge in [0.1, 0.15) is 0 Å². The maximum atomic E-state index is 4.76. The van der Waals surface area contributed by atoms with Crippen molar-refractivity contribution in [2.75, 3.05) is 6.54 Å². The van der Waals surface area contributed by atoms with Gasteiger partial charge in [-0.15, -0.1) is 24.0 Å². The molecule has 1 aromatic carbocycles. The molecule has 1 aromatic heterocycles. The Bertz CT molecular complexity index is 648. The molecule has 0 atom stereocenters. The Hall–Kier alpha value is -1.57. The Morgan fingerprint density at radius 1 is 1.24 bits per heavy atom. The Labute approximate surface area is 167 Å². The number of benzene rings is 1. The number of nitrogens with zero attached hydrogens (tertiary/aromatic N) is 3. The molecule has 1 aliphatic carbocycles. The molecule has 0 spiro atoms. The van der Waals surface area contributed by atoms with E-state index in [2.05, 4.69) is 46.9 Å². The van der Waals surface area contributed by atoms with Crippen molar-refractivity contribution in [1.29, 1.82) is 0 Å². The zero-order valence-electron chi connectivity index (χ0n) is 14.8. The summed E-state index contributed by atoms with van der Waals surface area (Å²) in [4.78, 5) is 4.76. The predicted octanol–water partition coefficient (Wildman–Crippen LogP) is 3.55. The second-order valence-corrected chi connectivity index (χ2v) is 6.34. The van der Waals surface area contributed by atoms with Crippen LogP contribution in [0.4, 0.5) is 0 Å². The van der Waals surface area contributed by atoms with Crippen molar-refractivity contribution in [3.63, 3.8) is 0 Å². The molecule has 6 heteroatoms. The summed E-state index contributed by atoms with van der Waals surface area (Å²) in [7, 11) is 0. The van der Waals surface area contributed by atoms with Crippen LogP contribution in [0.25, 0.3) is 0 Å². The largest absolute Gasteiger partial charge is 0.357 e. The minimum Gasteiger partial charge on any atom is -0.357 e. The molecule has 136 valence electrons. The maximum Gasteiger partial charge on any atom is 0.191 e. The Balaban J connectivity index is 0.00000225. The number of guanidine groups is 1. The number of rotatable bonds is 6. The van der Waals surface area contributed by atoms with Crippen molar-refractivity contribution in [2.24, 2.45) is 4.99 Å². The first-order chi connectivity index (χ1) is 11.8. The fourth-order valence-electron chi connectivity index (χ4n) is 3.16. The fraction of sp³-hybridized carbons (Fsp3) is 0.474. The standard InChI is InChI=1S/C19H27N5.HI/c1-2-20-19(23-18-9-3-4-10-18)21-14-16-7-5-8-17(13-16)15-24-12-6-11-22-24;/h5-8,11-13,18H,2-4,9-10,14-15H2,1H3,(H2,20,21,23);1H. The van der Waals surface area contributed by atoms with Gasteiger partial charge in [0.2, 0.25) is 0 Å². The molecule has 5 nitrogen and oxygen atoms in total. The van der Waals surface area contributed by atoms with Crippen molar-refractivity contribution in [3.8, 4) is 0 Å². The number of aromatic nitrogens is 2. The first-order valence-corrected chi connectivity index (χ1v) is 8.93. The number of hydrogen-bond donors (Lipinski definition) is 2. The van der Waals surface area contributed by atoms with E-state index in [1.165, 1.54) is 36.8 Å². The normalized spacial score (nSPS) is 15.0. The van der Waals surface area contributed by atoms with E-state index in [1.807, 2.05) is 23.1 Å². The third kappa shape index (κ3) is 6.34. The summed E-state index contributed by atoms with van der Waals surface area (Å²) in [6, 6.07) is 11.1. The van der Waals surface area contributed by atoms with Crippen LogP contribution in [0, 0.1) is 0 Å². The van der Waals surface area contributed by atoms with Crippen molar-refractivity contribution in [1.82, 2.24) is 20.4 Å². The number of hydrogen-bond acceptors (Lipinski definition) is 2. The lowest BCUT2D eigenvalue weighted by Crippen LogP contribution is -2.42. The van der Waals surface area contributed by atoms with Crippen LogP contribution >= 0.6 is 24.0 Å². The second kappa shape index (κ2) is 10.4. The molecule has 2 N–H and O–H groups in total. The Morgan fingerprint density at radius 3 is 2.76 bits per heavy atom. The van der Waals surface area contributed by atoms with Crippen LogP contribution in [0.2, 0.25) is 0 Å². The number of nitrogens with one attached hydrogen (secondary N) is 2. The third-order valence-corrected chi connectivity index (χ3v) is 4.36. The molecule has 1 heterocycles. The van der Waals surface area contributed by atoms with Gasteiger partial charge in [-0.05, 0) is 37.0 Å². The zero-order chi connectivity index (χ0) is 16.6. The van der Waals surface area contributed by atoms with Crippen molar-refractivity contribution >= 4 is 29.9 Å². The van der Waals surface area contributed by atoms with Crippen LogP contribution in [-0.2, 0) is 13.1 Å². The SMILES string of the molecule is CCNC(=NCc1cccc(Cn2cccn2)c1)NC1CCCC1.I. The van der Waals surface area contributed by atoms with Gasteiger partial charge in [-0.1, -0.05) is 37.1 Å². The number of halogens is 1. The van der Waals surface area contributed by atoms with Gasteiger partial charge in [0.05, 0.1) is 13.1 Å². The Morgan fingerprint density at radius 2 is 2.04 bits per heavy atom. The molecule has 1 fully saturated rings. The summed E-state index contributed by atoms with van der Waals surface area (Å²) in [5.41, 5.74) is 2.48. The summed E-state index contributed by atoms with van der Waals surface area (Å²) < 4.78 is 1.94. The molecule has 0 bridgehead atoms. The quantitative estimate of drug-likeness (QED) is 0.400. The van der Waals surface area contributed by atoms with Crippen LogP contribution in [0.3, 0.4) is 0 Å². The van der Waals surface area contributed by atoms with E-state index in [0.717, 1.165) is 19.0 Å². The molecule has 1 saturated carbocycles. The first kappa shape index (κ1) is 19.8. The second-order valence-electron chi connectivity index (χ2n) is 6.34. The summed E-state index contributed by atoms with van der Waals surface area (Å²) in [6.45, 7) is 4.48. The fourth-order valence-corrected chi connectivity index (χ4v) is 3.16. The van der Waals surface area contributed by atoms with E-state index in [9.17, 15) is 0 Å². The zero-order valence-corrected chi connectivity index (χ0v) is 17.1. The van der Waals surface area contributed by atoms with Crippen molar-refractivity contribution in [3.05, 3.63) is 53.9 Å². The molecule has 2 aromatic rings. The van der Waals surface area contributed by atoms with E-state index < -0.39 is 0 Å². The number of aliphatic imine (C=N–C) groups is 1. The van der Waals surface area contributed by atoms with E-state index in [4.69, 9.17) is 4.99 Å². The topological polar surface area (TPSA) is 54.2 Å². The molecule has 1 aliphatic rings. The summed E-state index contributed by atoms with van der Waals surface area (Å²) in [5.74, 6) is 0.932. The molecule has 0 unspecified atom stereocenters. The minimum absolute atomic E-state index is 0. The highest BCUT2D eigenvalue weighted by Crippen LogP contribution is 2.17. The van der Waals surface area contributed by atoms with Crippen molar-refractivity contribution in [2.45, 2.75) is 51.7 Å². The van der Waals surface area contributed by atoms with E-state index in [1.54, 1.807) is 0 Å². The third-order valence-electron chi connectivity index (χ3n) is 4.36. The lowest BCUT2D eigenvalue weighted by molar-refractivity contribution is 0.614. The van der Waals surface area contributed by atoms with Gasteiger partial charge >= 0.3 is 0 Å². The lowest BCUT2D eigenvalue weighted by Gasteiger charge is -2.16. The van der Waals surface area contributed by atoms with E-state index in [0.29, 0.717) is 12.6 Å². The summed E-state index contributed by atoms with van der Waals surface area (Å²) in [5, 5.41) is 11.2. The van der Waals surface area contributed by atoms with Gasteiger partial charge < -0.3 is 10.6 Å². The molecule has 0 radical (unpaired) electrons. The highest BCUT2D eigenvalue weighted by molar-refractivity contribution is 14.0. The highest BCUT2D eigenvalue weighted by Gasteiger charge is 2.15. The minimum atomic E-state index is 0. The first-order valence-electron chi connectivity index (χ1n) is 8.93. The van der Waals surface area contributed by atoms with Gasteiger partial charge in [0.15, 0.2) is 5.96 Å². The van der Waals surface area contributed by atoms with Crippen molar-refractivity contribution < 1.29 is 0 Å². The van der Waals surface area contributed by atoms with Crippen LogP contribution in [0.15, 0.2) is 47.7 Å². The predicted molar refractivity (Wildman–Crippen MR) is 113 cm³/mol. The smallest absolute Gasteiger partial charge is 0.191 e. The molecule has 0 saturated heterocycles. The summed E-state index contributed by atoms with van der Waals surface area (Å²) in [6.07, 6.45) is 8.96. The van der Waals surface area contributed by atoms with Crippen LogP contribution in [0.1, 0.15) is 43.7 Å². The van der Waals surface area contributed by atoms with Crippen LogP contribution in [0.5, 0.6) is 0 Å². The molecular formula is C19H28IN5.